The molecule has 2 rings (SSSR count). The van der Waals surface area contributed by atoms with E-state index in [9.17, 15) is 9.59 Å². The fourth-order valence-electron chi connectivity index (χ4n) is 1.33. The lowest BCUT2D eigenvalue weighted by Crippen LogP contribution is -2.10. The second-order valence-corrected chi connectivity index (χ2v) is 5.99. The Hall–Kier alpha value is -2.12. The molecule has 0 spiro atoms. The molecule has 0 atom stereocenters. The van der Waals surface area contributed by atoms with E-state index in [1.807, 2.05) is 30.3 Å². The zero-order valence-electron chi connectivity index (χ0n) is 10.0. The highest BCUT2D eigenvalue weighted by Crippen LogP contribution is 2.31. The lowest BCUT2D eigenvalue weighted by molar-refractivity contribution is -0.139. The van der Waals surface area contributed by atoms with Gasteiger partial charge in [0.1, 0.15) is 5.57 Å². The minimum atomic E-state index is -1.47. The van der Waals surface area contributed by atoms with Crippen molar-refractivity contribution in [2.75, 3.05) is 0 Å². The van der Waals surface area contributed by atoms with Crippen LogP contribution in [0.1, 0.15) is 4.88 Å². The van der Waals surface area contributed by atoms with Gasteiger partial charge in [0.25, 0.3) is 0 Å². The van der Waals surface area contributed by atoms with Crippen molar-refractivity contribution in [2.24, 2.45) is 0 Å². The van der Waals surface area contributed by atoms with E-state index in [0.717, 1.165) is 15.3 Å². The molecule has 0 aliphatic carbocycles. The van der Waals surface area contributed by atoms with Crippen molar-refractivity contribution in [3.05, 3.63) is 47.0 Å². The molecule has 1 heterocycles. The molecule has 7 heteroatoms. The van der Waals surface area contributed by atoms with Crippen molar-refractivity contribution in [2.45, 2.75) is 9.24 Å². The maximum atomic E-state index is 10.8. The predicted molar refractivity (Wildman–Crippen MR) is 75.9 cm³/mol. The molecule has 0 saturated carbocycles. The standard InChI is InChI=1S/C13H9NO4S2/c15-11(16)10(12(17)18)6-9-7-14-13(20-9)19-8-4-2-1-3-5-8/h1-7H,(H,15,16)(H,17,18). The smallest absolute Gasteiger partial charge is 0.343 e. The van der Waals surface area contributed by atoms with Gasteiger partial charge in [0, 0.05) is 16.0 Å². The van der Waals surface area contributed by atoms with Gasteiger partial charge in [-0.3, -0.25) is 0 Å². The lowest BCUT2D eigenvalue weighted by atomic mass is 10.2. The van der Waals surface area contributed by atoms with Crippen LogP contribution in [0.15, 0.2) is 51.3 Å². The van der Waals surface area contributed by atoms with Crippen LogP contribution in [0.4, 0.5) is 0 Å². The Kier molecular flexibility index (Phi) is 4.54. The molecule has 0 unspecified atom stereocenters. The third kappa shape index (κ3) is 3.69. The first kappa shape index (κ1) is 14.3. The van der Waals surface area contributed by atoms with Gasteiger partial charge in [-0.1, -0.05) is 30.0 Å². The summed E-state index contributed by atoms with van der Waals surface area (Å²) in [5, 5.41) is 17.6. The number of benzene rings is 1. The Morgan fingerprint density at radius 2 is 1.80 bits per heavy atom. The Morgan fingerprint density at radius 3 is 2.40 bits per heavy atom. The summed E-state index contributed by atoms with van der Waals surface area (Å²) in [5.41, 5.74) is -0.676. The van der Waals surface area contributed by atoms with Crippen LogP contribution >= 0.6 is 23.1 Å². The Balaban J connectivity index is 2.19. The van der Waals surface area contributed by atoms with Crippen LogP contribution in [0, 0.1) is 0 Å². The first-order valence-corrected chi connectivity index (χ1v) is 7.06. The molecule has 102 valence electrons. The molecule has 2 N–H and O–H groups in total. The average Bonchev–Trinajstić information content (AvgIpc) is 2.84. The first-order valence-electron chi connectivity index (χ1n) is 5.43. The van der Waals surface area contributed by atoms with Crippen molar-refractivity contribution >= 4 is 41.1 Å². The number of rotatable bonds is 5. The quantitative estimate of drug-likeness (QED) is 0.502. The van der Waals surface area contributed by atoms with E-state index in [1.54, 1.807) is 0 Å². The molecular formula is C13H9NO4S2. The van der Waals surface area contributed by atoms with Crippen LogP contribution < -0.4 is 0 Å². The van der Waals surface area contributed by atoms with E-state index in [-0.39, 0.29) is 0 Å². The number of aliphatic carboxylic acids is 2. The van der Waals surface area contributed by atoms with Gasteiger partial charge in [0.15, 0.2) is 4.34 Å². The highest BCUT2D eigenvalue weighted by atomic mass is 32.2. The maximum absolute atomic E-state index is 10.8. The molecule has 5 nitrogen and oxygen atoms in total. The molecule has 0 fully saturated rings. The van der Waals surface area contributed by atoms with Crippen molar-refractivity contribution in [3.8, 4) is 0 Å². The highest BCUT2D eigenvalue weighted by molar-refractivity contribution is 8.01. The normalized spacial score (nSPS) is 10.0. The van der Waals surface area contributed by atoms with Crippen LogP contribution in [-0.2, 0) is 9.59 Å². The van der Waals surface area contributed by atoms with Gasteiger partial charge in [-0.15, -0.1) is 11.3 Å². The topological polar surface area (TPSA) is 87.5 Å². The molecule has 0 bridgehead atoms. The predicted octanol–water partition coefficient (Wildman–Crippen LogP) is 2.85. The number of thiazole rings is 1. The summed E-state index contributed by atoms with van der Waals surface area (Å²) >= 11 is 2.68. The van der Waals surface area contributed by atoms with Crippen molar-refractivity contribution < 1.29 is 19.8 Å². The monoisotopic (exact) mass is 307 g/mol. The molecule has 1 aromatic carbocycles. The summed E-state index contributed by atoms with van der Waals surface area (Å²) in [4.78, 5) is 27.2. The number of hydrogen-bond acceptors (Lipinski definition) is 5. The molecular weight excluding hydrogens is 298 g/mol. The maximum Gasteiger partial charge on any atom is 0.343 e. The Labute approximate surface area is 122 Å². The number of carboxylic acid groups (broad SMARTS) is 2. The van der Waals surface area contributed by atoms with E-state index < -0.39 is 17.5 Å². The van der Waals surface area contributed by atoms with E-state index in [1.165, 1.54) is 29.3 Å². The molecule has 0 saturated heterocycles. The minimum Gasteiger partial charge on any atom is -0.477 e. The number of nitrogens with zero attached hydrogens (tertiary/aromatic N) is 1. The molecule has 0 aliphatic heterocycles. The van der Waals surface area contributed by atoms with Gasteiger partial charge in [-0.05, 0) is 18.2 Å². The summed E-state index contributed by atoms with van der Waals surface area (Å²) in [7, 11) is 0. The summed E-state index contributed by atoms with van der Waals surface area (Å²) in [6.07, 6.45) is 2.57. The number of hydrogen-bond donors (Lipinski definition) is 2. The van der Waals surface area contributed by atoms with Gasteiger partial charge in [0.2, 0.25) is 0 Å². The second-order valence-electron chi connectivity index (χ2n) is 3.61. The first-order chi connectivity index (χ1) is 9.56. The number of carboxylic acids is 2. The number of aromatic nitrogens is 1. The van der Waals surface area contributed by atoms with E-state index in [2.05, 4.69) is 4.98 Å². The van der Waals surface area contributed by atoms with Crippen LogP contribution in [0.2, 0.25) is 0 Å². The van der Waals surface area contributed by atoms with Crippen LogP contribution in [-0.4, -0.2) is 27.1 Å². The van der Waals surface area contributed by atoms with Gasteiger partial charge in [0.05, 0.1) is 0 Å². The van der Waals surface area contributed by atoms with Gasteiger partial charge in [-0.2, -0.15) is 0 Å². The fourth-order valence-corrected chi connectivity index (χ4v) is 3.26. The SMILES string of the molecule is O=C(O)C(=Cc1cnc(Sc2ccccc2)s1)C(=O)O. The lowest BCUT2D eigenvalue weighted by Gasteiger charge is -1.95. The number of carbonyl (C=O) groups is 2. The summed E-state index contributed by atoms with van der Waals surface area (Å²) < 4.78 is 0.720. The summed E-state index contributed by atoms with van der Waals surface area (Å²) in [6.45, 7) is 0. The summed E-state index contributed by atoms with van der Waals surface area (Å²) in [6, 6.07) is 9.59. The highest BCUT2D eigenvalue weighted by Gasteiger charge is 2.16. The zero-order chi connectivity index (χ0) is 14.5. The Morgan fingerprint density at radius 1 is 1.15 bits per heavy atom. The van der Waals surface area contributed by atoms with Gasteiger partial charge < -0.3 is 10.2 Å². The van der Waals surface area contributed by atoms with E-state index >= 15 is 0 Å². The molecule has 1 aromatic heterocycles. The van der Waals surface area contributed by atoms with Crippen molar-refractivity contribution in [1.29, 1.82) is 0 Å². The third-order valence-electron chi connectivity index (χ3n) is 2.20. The van der Waals surface area contributed by atoms with Gasteiger partial charge in [-0.25, -0.2) is 14.6 Å². The largest absolute Gasteiger partial charge is 0.477 e. The van der Waals surface area contributed by atoms with Crippen LogP contribution in [0.3, 0.4) is 0 Å². The Bertz CT molecular complexity index is 648. The second kappa shape index (κ2) is 6.36. The third-order valence-corrected chi connectivity index (χ3v) is 4.23. The summed E-state index contributed by atoms with van der Waals surface area (Å²) in [5.74, 6) is -2.94. The van der Waals surface area contributed by atoms with Gasteiger partial charge >= 0.3 is 11.9 Å². The molecule has 20 heavy (non-hydrogen) atoms. The minimum absolute atomic E-state index is 0.489. The molecule has 0 aliphatic rings. The average molecular weight is 307 g/mol. The van der Waals surface area contributed by atoms with Crippen LogP contribution in [0.25, 0.3) is 6.08 Å². The van der Waals surface area contributed by atoms with E-state index in [0.29, 0.717) is 4.88 Å². The molecule has 2 aromatic rings. The van der Waals surface area contributed by atoms with Crippen molar-refractivity contribution in [3.63, 3.8) is 0 Å². The molecule has 0 radical (unpaired) electrons. The van der Waals surface area contributed by atoms with Crippen LogP contribution in [0.5, 0.6) is 0 Å². The molecule has 0 amide bonds. The zero-order valence-corrected chi connectivity index (χ0v) is 11.6. The van der Waals surface area contributed by atoms with Crippen molar-refractivity contribution in [1.82, 2.24) is 4.98 Å². The van der Waals surface area contributed by atoms with E-state index in [4.69, 9.17) is 10.2 Å². The fraction of sp³-hybridized carbons (Fsp3) is 0.